The van der Waals surface area contributed by atoms with E-state index in [4.69, 9.17) is 4.74 Å². The van der Waals surface area contributed by atoms with Crippen molar-refractivity contribution in [3.63, 3.8) is 0 Å². The number of anilines is 1. The van der Waals surface area contributed by atoms with E-state index in [9.17, 15) is 22.4 Å². The van der Waals surface area contributed by atoms with Gasteiger partial charge in [-0.25, -0.2) is 17.6 Å². The van der Waals surface area contributed by atoms with E-state index in [1.807, 2.05) is 0 Å². The highest BCUT2D eigenvalue weighted by Gasteiger charge is 2.23. The first-order chi connectivity index (χ1) is 13.1. The molecule has 0 bridgehead atoms. The number of esters is 1. The van der Waals surface area contributed by atoms with Gasteiger partial charge in [-0.15, -0.1) is 0 Å². The monoisotopic (exact) mass is 408 g/mol. The molecule has 0 aromatic heterocycles. The fourth-order valence-electron chi connectivity index (χ4n) is 2.19. The molecule has 2 rings (SSSR count). The first-order valence-electron chi connectivity index (χ1n) is 8.42. The van der Waals surface area contributed by atoms with Gasteiger partial charge in [-0.3, -0.25) is 4.79 Å². The average molecular weight is 408 g/mol. The fourth-order valence-corrected chi connectivity index (χ4v) is 3.55. The van der Waals surface area contributed by atoms with Crippen molar-refractivity contribution in [2.24, 2.45) is 0 Å². The van der Waals surface area contributed by atoms with Crippen LogP contribution < -0.4 is 5.32 Å². The molecule has 0 spiro atoms. The number of carbonyl (C=O) groups is 2. The van der Waals surface area contributed by atoms with Crippen molar-refractivity contribution < 1.29 is 27.1 Å². The zero-order valence-electron chi connectivity index (χ0n) is 15.7. The predicted molar refractivity (Wildman–Crippen MR) is 102 cm³/mol. The molecular formula is C19H21FN2O5S. The van der Waals surface area contributed by atoms with Crippen LogP contribution in [-0.4, -0.2) is 44.3 Å². The van der Waals surface area contributed by atoms with Gasteiger partial charge in [0.2, 0.25) is 10.0 Å². The summed E-state index contributed by atoms with van der Waals surface area (Å²) in [5.74, 6) is -2.33. The molecule has 1 N–H and O–H groups in total. The van der Waals surface area contributed by atoms with Gasteiger partial charge in [0.15, 0.2) is 6.61 Å². The molecule has 2 aromatic rings. The lowest BCUT2D eigenvalue weighted by Crippen LogP contribution is -2.33. The Hall–Kier alpha value is -2.78. The number of ether oxygens (including phenoxy) is 1. The van der Waals surface area contributed by atoms with Crippen molar-refractivity contribution in [2.75, 3.05) is 19.0 Å². The van der Waals surface area contributed by atoms with E-state index < -0.39 is 34.3 Å². The van der Waals surface area contributed by atoms with Crippen molar-refractivity contribution in [1.29, 1.82) is 0 Å². The minimum absolute atomic E-state index is 0.0904. The van der Waals surface area contributed by atoms with Crippen molar-refractivity contribution in [2.45, 2.75) is 24.8 Å². The maximum absolute atomic E-state index is 13.5. The standard InChI is InChI=1S/C19H21FN2O5S/c1-13(2)22(3)28(25,26)15-10-8-14(9-11-15)21-18(23)12-27-19(24)16-6-4-5-7-17(16)20/h4-11,13H,12H2,1-3H3,(H,21,23). The Bertz CT molecular complexity index is 959. The zero-order valence-corrected chi connectivity index (χ0v) is 16.5. The van der Waals surface area contributed by atoms with Gasteiger partial charge >= 0.3 is 5.97 Å². The Kier molecular flexibility index (Phi) is 6.87. The largest absolute Gasteiger partial charge is 0.452 e. The van der Waals surface area contributed by atoms with Crippen LogP contribution in [0, 0.1) is 5.82 Å². The Balaban J connectivity index is 1.96. The second kappa shape index (κ2) is 8.94. The second-order valence-corrected chi connectivity index (χ2v) is 8.24. The molecule has 0 aliphatic carbocycles. The molecule has 0 heterocycles. The van der Waals surface area contributed by atoms with Gasteiger partial charge in [-0.2, -0.15) is 4.31 Å². The number of rotatable bonds is 7. The SMILES string of the molecule is CC(C)N(C)S(=O)(=O)c1ccc(NC(=O)COC(=O)c2ccccc2F)cc1. The Labute approximate surface area is 163 Å². The van der Waals surface area contributed by atoms with Crippen LogP contribution in [-0.2, 0) is 19.6 Å². The molecule has 0 saturated heterocycles. The van der Waals surface area contributed by atoms with Crippen molar-refractivity contribution in [1.82, 2.24) is 4.31 Å². The maximum atomic E-state index is 13.5. The summed E-state index contributed by atoms with van der Waals surface area (Å²) in [5, 5.41) is 2.48. The predicted octanol–water partition coefficient (Wildman–Crippen LogP) is 2.65. The van der Waals surface area contributed by atoms with Crippen LogP contribution in [0.1, 0.15) is 24.2 Å². The molecule has 0 fully saturated rings. The number of hydrogen-bond donors (Lipinski definition) is 1. The van der Waals surface area contributed by atoms with Crippen LogP contribution in [0.4, 0.5) is 10.1 Å². The molecule has 0 unspecified atom stereocenters. The minimum atomic E-state index is -3.62. The normalized spacial score (nSPS) is 11.5. The molecule has 9 heteroatoms. The lowest BCUT2D eigenvalue weighted by atomic mass is 10.2. The molecule has 0 saturated carbocycles. The number of amides is 1. The topological polar surface area (TPSA) is 92.8 Å². The Morgan fingerprint density at radius 3 is 2.29 bits per heavy atom. The minimum Gasteiger partial charge on any atom is -0.452 e. The van der Waals surface area contributed by atoms with Gasteiger partial charge < -0.3 is 10.1 Å². The smallest absolute Gasteiger partial charge is 0.341 e. The summed E-state index contributed by atoms with van der Waals surface area (Å²) in [6, 6.07) is 10.7. The van der Waals surface area contributed by atoms with Crippen LogP contribution in [0.5, 0.6) is 0 Å². The van der Waals surface area contributed by atoms with Crippen LogP contribution in [0.3, 0.4) is 0 Å². The van der Waals surface area contributed by atoms with E-state index in [-0.39, 0.29) is 16.5 Å². The fraction of sp³-hybridized carbons (Fsp3) is 0.263. The number of benzene rings is 2. The number of carbonyl (C=O) groups excluding carboxylic acids is 2. The molecule has 0 aliphatic rings. The summed E-state index contributed by atoms with van der Waals surface area (Å²) < 4.78 is 44.3. The average Bonchev–Trinajstić information content (AvgIpc) is 2.66. The van der Waals surface area contributed by atoms with E-state index in [0.29, 0.717) is 5.69 Å². The lowest BCUT2D eigenvalue weighted by Gasteiger charge is -2.21. The van der Waals surface area contributed by atoms with Gasteiger partial charge in [0.25, 0.3) is 5.91 Å². The van der Waals surface area contributed by atoms with Crippen LogP contribution >= 0.6 is 0 Å². The van der Waals surface area contributed by atoms with Gasteiger partial charge in [0, 0.05) is 18.8 Å². The Morgan fingerprint density at radius 1 is 1.11 bits per heavy atom. The lowest BCUT2D eigenvalue weighted by molar-refractivity contribution is -0.119. The van der Waals surface area contributed by atoms with E-state index in [0.717, 1.165) is 6.07 Å². The number of sulfonamides is 1. The molecular weight excluding hydrogens is 387 g/mol. The molecule has 1 amide bonds. The number of nitrogens with one attached hydrogen (secondary N) is 1. The first-order valence-corrected chi connectivity index (χ1v) is 9.86. The summed E-state index contributed by atoms with van der Waals surface area (Å²) >= 11 is 0. The zero-order chi connectivity index (χ0) is 20.9. The van der Waals surface area contributed by atoms with E-state index in [1.165, 1.54) is 53.8 Å². The summed E-state index contributed by atoms with van der Waals surface area (Å²) in [6.45, 7) is 2.91. The number of hydrogen-bond acceptors (Lipinski definition) is 5. The molecule has 0 aliphatic heterocycles. The maximum Gasteiger partial charge on any atom is 0.341 e. The second-order valence-electron chi connectivity index (χ2n) is 6.24. The van der Waals surface area contributed by atoms with Crippen molar-refractivity contribution in [3.8, 4) is 0 Å². The number of nitrogens with zero attached hydrogens (tertiary/aromatic N) is 1. The van der Waals surface area contributed by atoms with E-state index in [1.54, 1.807) is 13.8 Å². The van der Waals surface area contributed by atoms with E-state index >= 15 is 0 Å². The van der Waals surface area contributed by atoms with Gasteiger partial charge in [-0.1, -0.05) is 12.1 Å². The van der Waals surface area contributed by atoms with Gasteiger partial charge in [-0.05, 0) is 50.2 Å². The van der Waals surface area contributed by atoms with Crippen molar-refractivity contribution in [3.05, 3.63) is 59.9 Å². The number of halogens is 1. The third-order valence-corrected chi connectivity index (χ3v) is 6.02. The van der Waals surface area contributed by atoms with Crippen LogP contribution in [0.15, 0.2) is 53.4 Å². The highest BCUT2D eigenvalue weighted by atomic mass is 32.2. The van der Waals surface area contributed by atoms with Crippen molar-refractivity contribution >= 4 is 27.6 Å². The molecule has 2 aromatic carbocycles. The summed E-state index contributed by atoms with van der Waals surface area (Å²) in [6.07, 6.45) is 0. The summed E-state index contributed by atoms with van der Waals surface area (Å²) in [4.78, 5) is 23.8. The molecule has 7 nitrogen and oxygen atoms in total. The quantitative estimate of drug-likeness (QED) is 0.711. The highest BCUT2D eigenvalue weighted by molar-refractivity contribution is 7.89. The van der Waals surface area contributed by atoms with E-state index in [2.05, 4.69) is 5.32 Å². The third-order valence-electron chi connectivity index (χ3n) is 3.97. The first kappa shape index (κ1) is 21.5. The van der Waals surface area contributed by atoms with Gasteiger partial charge in [0.1, 0.15) is 5.82 Å². The van der Waals surface area contributed by atoms with Gasteiger partial charge in [0.05, 0.1) is 10.5 Å². The summed E-state index contributed by atoms with van der Waals surface area (Å²) in [7, 11) is -2.14. The summed E-state index contributed by atoms with van der Waals surface area (Å²) in [5.41, 5.74) is 0.0669. The highest BCUT2D eigenvalue weighted by Crippen LogP contribution is 2.19. The Morgan fingerprint density at radius 2 is 1.71 bits per heavy atom. The molecule has 150 valence electrons. The third kappa shape index (κ3) is 5.14. The van der Waals surface area contributed by atoms with Crippen LogP contribution in [0.2, 0.25) is 0 Å². The molecule has 0 radical (unpaired) electrons. The van der Waals surface area contributed by atoms with Crippen LogP contribution in [0.25, 0.3) is 0 Å². The molecule has 0 atom stereocenters. The molecule has 28 heavy (non-hydrogen) atoms.